The highest BCUT2D eigenvalue weighted by Gasteiger charge is 2.26. The first-order valence-corrected chi connectivity index (χ1v) is 8.74. The second-order valence-electron chi connectivity index (χ2n) is 6.42. The van der Waals surface area contributed by atoms with E-state index in [1.54, 1.807) is 4.90 Å². The molecule has 5 heteroatoms. The van der Waals surface area contributed by atoms with Crippen LogP contribution >= 0.6 is 0 Å². The molecular formula is C21H26N2O3. The Labute approximate surface area is 155 Å². The topological polar surface area (TPSA) is 58.6 Å². The summed E-state index contributed by atoms with van der Waals surface area (Å²) in [5.74, 6) is -0.453. The van der Waals surface area contributed by atoms with E-state index < -0.39 is 12.0 Å². The van der Waals surface area contributed by atoms with E-state index in [-0.39, 0.29) is 12.1 Å². The zero-order chi connectivity index (χ0) is 18.9. The van der Waals surface area contributed by atoms with E-state index in [1.165, 1.54) is 7.11 Å². The molecule has 26 heavy (non-hydrogen) atoms. The summed E-state index contributed by atoms with van der Waals surface area (Å²) >= 11 is 0. The molecule has 0 heterocycles. The summed E-state index contributed by atoms with van der Waals surface area (Å²) in [6.07, 6.45) is 0.385. The van der Waals surface area contributed by atoms with Gasteiger partial charge in [0.05, 0.1) is 7.11 Å². The quantitative estimate of drug-likeness (QED) is 0.776. The summed E-state index contributed by atoms with van der Waals surface area (Å²) in [6, 6.07) is 18.3. The predicted octanol–water partition coefficient (Wildman–Crippen LogP) is 3.39. The number of carbonyl (C=O) groups excluding carboxylic acids is 2. The minimum absolute atomic E-state index is 0.00905. The molecule has 1 N–H and O–H groups in total. The van der Waals surface area contributed by atoms with Crippen LogP contribution in [0, 0.1) is 0 Å². The third-order valence-corrected chi connectivity index (χ3v) is 4.15. The fourth-order valence-electron chi connectivity index (χ4n) is 2.69. The molecule has 5 nitrogen and oxygen atoms in total. The van der Waals surface area contributed by atoms with Gasteiger partial charge >= 0.3 is 12.0 Å². The van der Waals surface area contributed by atoms with Crippen molar-refractivity contribution in [3.8, 4) is 0 Å². The SMILES string of the molecule is COC(=O)[C@H](Cc1ccccc1)NC(=O)N(Cc1ccccc1)C(C)C. The second-order valence-corrected chi connectivity index (χ2v) is 6.42. The van der Waals surface area contributed by atoms with Crippen LogP contribution in [0.5, 0.6) is 0 Å². The van der Waals surface area contributed by atoms with Crippen LogP contribution < -0.4 is 5.32 Å². The van der Waals surface area contributed by atoms with Crippen LogP contribution in [0.2, 0.25) is 0 Å². The molecule has 2 amide bonds. The molecule has 0 radical (unpaired) electrons. The van der Waals surface area contributed by atoms with Crippen molar-refractivity contribution in [2.45, 2.75) is 38.9 Å². The van der Waals surface area contributed by atoms with E-state index in [0.29, 0.717) is 13.0 Å². The van der Waals surface area contributed by atoms with Crippen molar-refractivity contribution in [3.63, 3.8) is 0 Å². The number of urea groups is 1. The maximum absolute atomic E-state index is 12.8. The summed E-state index contributed by atoms with van der Waals surface area (Å²) in [5, 5.41) is 2.83. The highest BCUT2D eigenvalue weighted by Crippen LogP contribution is 2.10. The van der Waals surface area contributed by atoms with E-state index in [2.05, 4.69) is 5.32 Å². The number of benzene rings is 2. The Morgan fingerprint density at radius 2 is 1.50 bits per heavy atom. The Kier molecular flexibility index (Phi) is 7.21. The molecule has 0 aromatic heterocycles. The molecule has 138 valence electrons. The summed E-state index contributed by atoms with van der Waals surface area (Å²) in [7, 11) is 1.33. The van der Waals surface area contributed by atoms with Gasteiger partial charge in [-0.05, 0) is 25.0 Å². The Morgan fingerprint density at radius 3 is 2.00 bits per heavy atom. The average molecular weight is 354 g/mol. The number of nitrogens with zero attached hydrogens (tertiary/aromatic N) is 1. The molecule has 2 aromatic rings. The average Bonchev–Trinajstić information content (AvgIpc) is 2.66. The van der Waals surface area contributed by atoms with Crippen molar-refractivity contribution in [2.24, 2.45) is 0 Å². The summed E-state index contributed by atoms with van der Waals surface area (Å²) < 4.78 is 4.87. The van der Waals surface area contributed by atoms with Gasteiger partial charge in [0.15, 0.2) is 0 Å². The van der Waals surface area contributed by atoms with Gasteiger partial charge in [-0.2, -0.15) is 0 Å². The number of methoxy groups -OCH3 is 1. The van der Waals surface area contributed by atoms with Crippen molar-refractivity contribution in [1.82, 2.24) is 10.2 Å². The van der Waals surface area contributed by atoms with Gasteiger partial charge in [-0.25, -0.2) is 9.59 Å². The molecule has 0 saturated carbocycles. The number of esters is 1. The van der Waals surface area contributed by atoms with E-state index in [0.717, 1.165) is 11.1 Å². The van der Waals surface area contributed by atoms with Gasteiger partial charge in [0.2, 0.25) is 0 Å². The highest BCUT2D eigenvalue weighted by atomic mass is 16.5. The molecule has 0 spiro atoms. The van der Waals surface area contributed by atoms with Crippen LogP contribution in [0.3, 0.4) is 0 Å². The first-order chi connectivity index (χ1) is 12.5. The van der Waals surface area contributed by atoms with Crippen molar-refractivity contribution >= 4 is 12.0 Å². The summed E-state index contributed by atoms with van der Waals surface area (Å²) in [6.45, 7) is 4.38. The van der Waals surface area contributed by atoms with Crippen LogP contribution in [-0.4, -0.2) is 36.1 Å². The van der Waals surface area contributed by atoms with Crippen LogP contribution in [0.25, 0.3) is 0 Å². The number of hydrogen-bond acceptors (Lipinski definition) is 3. The largest absolute Gasteiger partial charge is 0.467 e. The molecular weight excluding hydrogens is 328 g/mol. The van der Waals surface area contributed by atoms with Gasteiger partial charge in [0.1, 0.15) is 6.04 Å². The van der Waals surface area contributed by atoms with Crippen LogP contribution in [0.4, 0.5) is 4.79 Å². The Bertz CT molecular complexity index is 702. The molecule has 2 aromatic carbocycles. The molecule has 0 aliphatic carbocycles. The van der Waals surface area contributed by atoms with Crippen LogP contribution in [-0.2, 0) is 22.5 Å². The van der Waals surface area contributed by atoms with Gasteiger partial charge < -0.3 is 15.0 Å². The molecule has 0 unspecified atom stereocenters. The van der Waals surface area contributed by atoms with E-state index in [9.17, 15) is 9.59 Å². The third-order valence-electron chi connectivity index (χ3n) is 4.15. The standard InChI is InChI=1S/C21H26N2O3/c1-16(2)23(15-18-12-8-5-9-13-18)21(25)22-19(20(24)26-3)14-17-10-6-4-7-11-17/h4-13,16,19H,14-15H2,1-3H3,(H,22,25)/t19-/m0/s1. The first kappa shape index (κ1) is 19.5. The van der Waals surface area contributed by atoms with Gasteiger partial charge in [0, 0.05) is 19.0 Å². The summed E-state index contributed by atoms with van der Waals surface area (Å²) in [5.41, 5.74) is 2.00. The lowest BCUT2D eigenvalue weighted by Gasteiger charge is -2.29. The lowest BCUT2D eigenvalue weighted by atomic mass is 10.1. The minimum Gasteiger partial charge on any atom is -0.467 e. The molecule has 2 rings (SSSR count). The number of carbonyl (C=O) groups is 2. The molecule has 0 aliphatic rings. The van der Waals surface area contributed by atoms with Crippen molar-refractivity contribution in [1.29, 1.82) is 0 Å². The molecule has 0 aliphatic heterocycles. The smallest absolute Gasteiger partial charge is 0.328 e. The van der Waals surface area contributed by atoms with Crippen molar-refractivity contribution in [3.05, 3.63) is 71.8 Å². The lowest BCUT2D eigenvalue weighted by Crippen LogP contribution is -2.50. The third kappa shape index (κ3) is 5.62. The molecule has 1 atom stereocenters. The van der Waals surface area contributed by atoms with Gasteiger partial charge in [-0.1, -0.05) is 60.7 Å². The first-order valence-electron chi connectivity index (χ1n) is 8.74. The van der Waals surface area contributed by atoms with Crippen LogP contribution in [0.15, 0.2) is 60.7 Å². The van der Waals surface area contributed by atoms with Gasteiger partial charge in [-0.3, -0.25) is 0 Å². The monoisotopic (exact) mass is 354 g/mol. The Morgan fingerprint density at radius 1 is 0.962 bits per heavy atom. The number of ether oxygens (including phenoxy) is 1. The Balaban J connectivity index is 2.11. The van der Waals surface area contributed by atoms with Gasteiger partial charge in [-0.15, -0.1) is 0 Å². The van der Waals surface area contributed by atoms with Crippen molar-refractivity contribution < 1.29 is 14.3 Å². The maximum Gasteiger partial charge on any atom is 0.328 e. The fraction of sp³-hybridized carbons (Fsp3) is 0.333. The maximum atomic E-state index is 12.8. The Hall–Kier alpha value is -2.82. The minimum atomic E-state index is -0.730. The van der Waals surface area contributed by atoms with Crippen LogP contribution in [0.1, 0.15) is 25.0 Å². The highest BCUT2D eigenvalue weighted by molar-refractivity contribution is 5.84. The number of hydrogen-bond donors (Lipinski definition) is 1. The number of amides is 2. The van der Waals surface area contributed by atoms with Gasteiger partial charge in [0.25, 0.3) is 0 Å². The van der Waals surface area contributed by atoms with E-state index >= 15 is 0 Å². The second kappa shape index (κ2) is 9.61. The normalized spacial score (nSPS) is 11.7. The number of rotatable bonds is 7. The zero-order valence-corrected chi connectivity index (χ0v) is 15.5. The fourth-order valence-corrected chi connectivity index (χ4v) is 2.69. The number of nitrogens with one attached hydrogen (secondary N) is 1. The summed E-state index contributed by atoms with van der Waals surface area (Å²) in [4.78, 5) is 26.7. The lowest BCUT2D eigenvalue weighted by molar-refractivity contribution is -0.142. The molecule has 0 fully saturated rings. The van der Waals surface area contributed by atoms with E-state index in [4.69, 9.17) is 4.74 Å². The van der Waals surface area contributed by atoms with E-state index in [1.807, 2.05) is 74.5 Å². The predicted molar refractivity (Wildman–Crippen MR) is 102 cm³/mol. The molecule has 0 bridgehead atoms. The van der Waals surface area contributed by atoms with Crippen molar-refractivity contribution in [2.75, 3.05) is 7.11 Å². The molecule has 0 saturated heterocycles. The zero-order valence-electron chi connectivity index (χ0n) is 15.5.